The van der Waals surface area contributed by atoms with Gasteiger partial charge in [0.05, 0.1) is 0 Å². The molecule has 0 spiro atoms. The molecule has 0 saturated carbocycles. The SMILES string of the molecule is CCCCC#C[C](=[W])OC. The molecule has 0 fully saturated rings. The molecule has 2 heteroatoms. The van der Waals surface area contributed by atoms with Crippen molar-refractivity contribution >= 4 is 4.08 Å². The average Bonchev–Trinajstić information content (AvgIpc) is 1.98. The van der Waals surface area contributed by atoms with E-state index in [1.54, 1.807) is 7.11 Å². The summed E-state index contributed by atoms with van der Waals surface area (Å²) in [5, 5.41) is 0. The van der Waals surface area contributed by atoms with Crippen molar-refractivity contribution in [2.24, 2.45) is 0 Å². The number of ether oxygens (including phenoxy) is 1. The molecule has 0 radical (unpaired) electrons. The third kappa shape index (κ3) is 6.20. The van der Waals surface area contributed by atoms with Crippen molar-refractivity contribution in [3.63, 3.8) is 0 Å². The van der Waals surface area contributed by atoms with Gasteiger partial charge in [-0.3, -0.25) is 0 Å². The van der Waals surface area contributed by atoms with Crippen LogP contribution in [0.15, 0.2) is 0 Å². The van der Waals surface area contributed by atoms with Crippen LogP contribution < -0.4 is 0 Å². The molecule has 0 saturated heterocycles. The van der Waals surface area contributed by atoms with Crippen LogP contribution in [0.25, 0.3) is 0 Å². The predicted octanol–water partition coefficient (Wildman–Crippen LogP) is 1.50. The summed E-state index contributed by atoms with van der Waals surface area (Å²) in [5.41, 5.74) is 0. The van der Waals surface area contributed by atoms with Gasteiger partial charge in [-0.2, -0.15) is 0 Å². The van der Waals surface area contributed by atoms with Crippen LogP contribution in [0.2, 0.25) is 0 Å². The van der Waals surface area contributed by atoms with Crippen molar-refractivity contribution in [2.45, 2.75) is 26.2 Å². The van der Waals surface area contributed by atoms with E-state index in [1.165, 1.54) is 32.2 Å². The number of unbranched alkanes of at least 4 members (excludes halogenated alkanes) is 2. The molecule has 0 aliphatic heterocycles. The first-order valence-electron chi connectivity index (χ1n) is 3.38. The van der Waals surface area contributed by atoms with Crippen molar-refractivity contribution in [2.75, 3.05) is 7.11 Å². The molecule has 0 bridgehead atoms. The van der Waals surface area contributed by atoms with Gasteiger partial charge in [0.15, 0.2) is 0 Å². The van der Waals surface area contributed by atoms with Crippen molar-refractivity contribution in [1.82, 2.24) is 0 Å². The molecule has 0 heterocycles. The molecule has 56 valence electrons. The minimum absolute atomic E-state index is 0.885. The van der Waals surface area contributed by atoms with Gasteiger partial charge in [-0.05, 0) is 0 Å². The second-order valence-corrected chi connectivity index (χ2v) is 3.23. The fraction of sp³-hybridized carbons (Fsp3) is 0.625. The van der Waals surface area contributed by atoms with E-state index >= 15 is 0 Å². The molecule has 0 aliphatic rings. The van der Waals surface area contributed by atoms with Crippen LogP contribution in [0.1, 0.15) is 26.2 Å². The molecule has 0 aromatic heterocycles. The van der Waals surface area contributed by atoms with Gasteiger partial charge in [-0.15, -0.1) is 0 Å². The van der Waals surface area contributed by atoms with Gasteiger partial charge in [-0.1, -0.05) is 0 Å². The summed E-state index contributed by atoms with van der Waals surface area (Å²) in [6.07, 6.45) is 3.41. The van der Waals surface area contributed by atoms with Gasteiger partial charge in [-0.25, -0.2) is 0 Å². The number of hydrogen-bond acceptors (Lipinski definition) is 1. The number of methoxy groups -OCH3 is 1. The molecular weight excluding hydrogens is 296 g/mol. The summed E-state index contributed by atoms with van der Waals surface area (Å²) in [6, 6.07) is 0. The van der Waals surface area contributed by atoms with Crippen LogP contribution in [0.4, 0.5) is 0 Å². The third-order valence-corrected chi connectivity index (χ3v) is 2.00. The molecule has 0 aromatic rings. The van der Waals surface area contributed by atoms with E-state index in [2.05, 4.69) is 18.8 Å². The van der Waals surface area contributed by atoms with E-state index in [0.717, 1.165) is 10.5 Å². The average molecular weight is 308 g/mol. The van der Waals surface area contributed by atoms with Crippen molar-refractivity contribution in [3.05, 3.63) is 0 Å². The zero-order valence-electron chi connectivity index (χ0n) is 6.44. The van der Waals surface area contributed by atoms with Gasteiger partial charge in [0.2, 0.25) is 0 Å². The Bertz CT molecular complexity index is 152. The van der Waals surface area contributed by atoms with E-state index in [0.29, 0.717) is 0 Å². The fourth-order valence-corrected chi connectivity index (χ4v) is 0.710. The summed E-state index contributed by atoms with van der Waals surface area (Å²) < 4.78 is 5.80. The fourth-order valence-electron chi connectivity index (χ4n) is 0.451. The Labute approximate surface area is 73.6 Å². The zero-order chi connectivity index (χ0) is 7.82. The maximum absolute atomic E-state index is 4.91. The van der Waals surface area contributed by atoms with Gasteiger partial charge in [0.1, 0.15) is 0 Å². The molecule has 0 atom stereocenters. The Morgan fingerprint density at radius 3 is 2.80 bits per heavy atom. The molecule has 0 amide bonds. The first-order chi connectivity index (χ1) is 4.81. The van der Waals surface area contributed by atoms with Crippen LogP contribution in [0, 0.1) is 11.8 Å². The van der Waals surface area contributed by atoms with E-state index < -0.39 is 0 Å². The summed E-state index contributed by atoms with van der Waals surface area (Å²) in [7, 11) is 1.66. The molecular formula is C8H12OW. The predicted molar refractivity (Wildman–Crippen MR) is 39.3 cm³/mol. The molecule has 0 aliphatic carbocycles. The minimum atomic E-state index is 0.885. The van der Waals surface area contributed by atoms with Crippen LogP contribution in [0.3, 0.4) is 0 Å². The Morgan fingerprint density at radius 1 is 1.60 bits per heavy atom. The topological polar surface area (TPSA) is 9.23 Å². The van der Waals surface area contributed by atoms with Crippen molar-refractivity contribution < 1.29 is 24.1 Å². The van der Waals surface area contributed by atoms with Crippen LogP contribution in [-0.4, -0.2) is 11.2 Å². The normalized spacial score (nSPS) is 8.20. The maximum atomic E-state index is 4.91. The van der Waals surface area contributed by atoms with E-state index in [1.807, 2.05) is 0 Å². The van der Waals surface area contributed by atoms with Gasteiger partial charge >= 0.3 is 73.3 Å². The first-order valence-corrected chi connectivity index (χ1v) is 4.84. The third-order valence-electron chi connectivity index (χ3n) is 1.03. The Hall–Kier alpha value is 0.0783. The summed E-state index contributed by atoms with van der Waals surface area (Å²) in [6.45, 7) is 2.17. The van der Waals surface area contributed by atoms with Crippen molar-refractivity contribution in [3.8, 4) is 11.8 Å². The summed E-state index contributed by atoms with van der Waals surface area (Å²) >= 11 is 1.31. The van der Waals surface area contributed by atoms with E-state index in [9.17, 15) is 0 Å². The summed E-state index contributed by atoms with van der Waals surface area (Å²) in [4.78, 5) is 0. The molecule has 0 unspecified atom stereocenters. The molecule has 0 aromatic carbocycles. The van der Waals surface area contributed by atoms with Gasteiger partial charge in [0, 0.05) is 0 Å². The first kappa shape index (κ1) is 10.1. The molecule has 1 nitrogen and oxygen atoms in total. The molecule has 0 rings (SSSR count). The standard InChI is InChI=1S/C8H12O.W/c1-3-4-5-6-7-8-9-2;/h3-5H2,1-2H3;. The Kier molecular flexibility index (Phi) is 7.24. The quantitative estimate of drug-likeness (QED) is 0.567. The number of hydrogen-bond donors (Lipinski definition) is 0. The van der Waals surface area contributed by atoms with E-state index in [4.69, 9.17) is 4.74 Å². The Morgan fingerprint density at radius 2 is 2.30 bits per heavy atom. The second kappa shape index (κ2) is 7.19. The molecule has 10 heavy (non-hydrogen) atoms. The zero-order valence-corrected chi connectivity index (χ0v) is 9.37. The molecule has 0 N–H and O–H groups in total. The van der Waals surface area contributed by atoms with Crippen LogP contribution in [0.5, 0.6) is 0 Å². The van der Waals surface area contributed by atoms with E-state index in [-0.39, 0.29) is 0 Å². The van der Waals surface area contributed by atoms with Crippen LogP contribution >= 0.6 is 0 Å². The van der Waals surface area contributed by atoms with Gasteiger partial charge < -0.3 is 0 Å². The number of rotatable bonds is 3. The monoisotopic (exact) mass is 308 g/mol. The van der Waals surface area contributed by atoms with Crippen molar-refractivity contribution in [1.29, 1.82) is 0 Å². The Balaban J connectivity index is 3.39. The van der Waals surface area contributed by atoms with Gasteiger partial charge in [0.25, 0.3) is 0 Å². The van der Waals surface area contributed by atoms with Crippen LogP contribution in [-0.2, 0) is 24.1 Å². The second-order valence-electron chi connectivity index (χ2n) is 1.90. The summed E-state index contributed by atoms with van der Waals surface area (Å²) in [5.74, 6) is 5.99.